The molecule has 1 aliphatic rings. The van der Waals surface area contributed by atoms with Gasteiger partial charge in [-0.2, -0.15) is 0 Å². The number of nitrogens with zero attached hydrogens (tertiary/aromatic N) is 1. The van der Waals surface area contributed by atoms with Gasteiger partial charge in [0.25, 0.3) is 0 Å². The fraction of sp³-hybridized carbons (Fsp3) is 0.875. The van der Waals surface area contributed by atoms with Crippen molar-refractivity contribution in [2.24, 2.45) is 16.8 Å². The number of hydrogen-bond acceptors (Lipinski definition) is 2. The highest BCUT2D eigenvalue weighted by molar-refractivity contribution is 8.12. The van der Waals surface area contributed by atoms with Crippen LogP contribution >= 0.6 is 11.8 Å². The average Bonchev–Trinajstić information content (AvgIpc) is 1.88. The highest BCUT2D eigenvalue weighted by Crippen LogP contribution is 2.23. The molecule has 0 aromatic rings. The highest BCUT2D eigenvalue weighted by atomic mass is 32.2. The monoisotopic (exact) mass is 157 g/mol. The van der Waals surface area contributed by atoms with Gasteiger partial charge in [-0.15, -0.1) is 11.8 Å². The molecule has 1 rings (SSSR count). The minimum absolute atomic E-state index is 0.571. The molecule has 0 radical (unpaired) electrons. The SMILES string of the molecule is CC(C)C1N=CSCC1C. The molecule has 0 spiro atoms. The molecule has 0 saturated heterocycles. The summed E-state index contributed by atoms with van der Waals surface area (Å²) in [6, 6.07) is 0.571. The van der Waals surface area contributed by atoms with Crippen molar-refractivity contribution in [1.82, 2.24) is 0 Å². The molecule has 1 nitrogen and oxygen atoms in total. The van der Waals surface area contributed by atoms with Gasteiger partial charge >= 0.3 is 0 Å². The van der Waals surface area contributed by atoms with Crippen LogP contribution in [0.5, 0.6) is 0 Å². The maximum atomic E-state index is 4.45. The first-order valence-corrected chi connectivity index (χ1v) is 4.90. The average molecular weight is 157 g/mol. The van der Waals surface area contributed by atoms with Gasteiger partial charge in [-0.3, -0.25) is 4.99 Å². The molecule has 2 atom stereocenters. The molecule has 1 heterocycles. The predicted octanol–water partition coefficient (Wildman–Crippen LogP) is 2.42. The van der Waals surface area contributed by atoms with E-state index in [4.69, 9.17) is 0 Å². The molecule has 0 saturated carbocycles. The summed E-state index contributed by atoms with van der Waals surface area (Å²) in [4.78, 5) is 4.45. The van der Waals surface area contributed by atoms with E-state index in [0.29, 0.717) is 12.0 Å². The Morgan fingerprint density at radius 3 is 2.70 bits per heavy atom. The largest absolute Gasteiger partial charge is 0.282 e. The summed E-state index contributed by atoms with van der Waals surface area (Å²) in [5.41, 5.74) is 2.00. The van der Waals surface area contributed by atoms with Crippen molar-refractivity contribution in [3.05, 3.63) is 0 Å². The number of rotatable bonds is 1. The van der Waals surface area contributed by atoms with E-state index in [1.165, 1.54) is 5.75 Å². The van der Waals surface area contributed by atoms with E-state index in [9.17, 15) is 0 Å². The lowest BCUT2D eigenvalue weighted by Gasteiger charge is -2.25. The standard InChI is InChI=1S/C8H15NS/c1-6(2)8-7(3)4-10-5-9-8/h5-8H,4H2,1-3H3. The van der Waals surface area contributed by atoms with E-state index in [1.54, 1.807) is 0 Å². The van der Waals surface area contributed by atoms with E-state index in [1.807, 2.05) is 17.3 Å². The Balaban J connectivity index is 2.55. The third-order valence-corrected chi connectivity index (χ3v) is 2.92. The molecule has 0 fully saturated rings. The van der Waals surface area contributed by atoms with E-state index in [-0.39, 0.29) is 0 Å². The topological polar surface area (TPSA) is 12.4 Å². The van der Waals surface area contributed by atoms with Gasteiger partial charge in [-0.1, -0.05) is 20.8 Å². The van der Waals surface area contributed by atoms with Crippen LogP contribution in [0.25, 0.3) is 0 Å². The summed E-state index contributed by atoms with van der Waals surface area (Å²) >= 11 is 1.83. The van der Waals surface area contributed by atoms with Crippen LogP contribution in [0.15, 0.2) is 4.99 Å². The summed E-state index contributed by atoms with van der Waals surface area (Å²) < 4.78 is 0. The first kappa shape index (κ1) is 8.12. The van der Waals surface area contributed by atoms with Gasteiger partial charge in [0.2, 0.25) is 0 Å². The maximum absolute atomic E-state index is 4.45. The van der Waals surface area contributed by atoms with Crippen LogP contribution in [0.1, 0.15) is 20.8 Å². The van der Waals surface area contributed by atoms with Crippen molar-refractivity contribution >= 4 is 17.3 Å². The van der Waals surface area contributed by atoms with Crippen LogP contribution in [-0.2, 0) is 0 Å². The van der Waals surface area contributed by atoms with Crippen molar-refractivity contribution in [1.29, 1.82) is 0 Å². The van der Waals surface area contributed by atoms with Gasteiger partial charge in [0, 0.05) is 5.75 Å². The fourth-order valence-corrected chi connectivity index (χ4v) is 2.20. The lowest BCUT2D eigenvalue weighted by atomic mass is 9.94. The Kier molecular flexibility index (Phi) is 2.78. The Morgan fingerprint density at radius 2 is 2.30 bits per heavy atom. The van der Waals surface area contributed by atoms with Gasteiger partial charge in [-0.05, 0) is 11.8 Å². The smallest absolute Gasteiger partial charge is 0.0562 e. The van der Waals surface area contributed by atoms with Gasteiger partial charge in [0.15, 0.2) is 0 Å². The number of hydrogen-bond donors (Lipinski definition) is 0. The lowest BCUT2D eigenvalue weighted by Crippen LogP contribution is -2.26. The van der Waals surface area contributed by atoms with E-state index in [0.717, 1.165) is 5.92 Å². The molecular formula is C8H15NS. The Hall–Kier alpha value is 0.0200. The highest BCUT2D eigenvalue weighted by Gasteiger charge is 2.21. The van der Waals surface area contributed by atoms with Crippen molar-refractivity contribution < 1.29 is 0 Å². The Morgan fingerprint density at radius 1 is 1.60 bits per heavy atom. The normalized spacial score (nSPS) is 33.2. The van der Waals surface area contributed by atoms with Crippen molar-refractivity contribution in [2.45, 2.75) is 26.8 Å². The number of aliphatic imine (C=N–C) groups is 1. The molecule has 1 aliphatic heterocycles. The summed E-state index contributed by atoms with van der Waals surface area (Å²) in [5.74, 6) is 2.70. The van der Waals surface area contributed by atoms with Crippen LogP contribution < -0.4 is 0 Å². The van der Waals surface area contributed by atoms with Crippen LogP contribution in [-0.4, -0.2) is 17.3 Å². The zero-order valence-corrected chi connectivity index (χ0v) is 7.69. The van der Waals surface area contributed by atoms with E-state index in [2.05, 4.69) is 25.8 Å². The lowest BCUT2D eigenvalue weighted by molar-refractivity contribution is 0.393. The molecule has 10 heavy (non-hydrogen) atoms. The van der Waals surface area contributed by atoms with E-state index >= 15 is 0 Å². The van der Waals surface area contributed by atoms with E-state index < -0.39 is 0 Å². The fourth-order valence-electron chi connectivity index (χ4n) is 1.38. The third-order valence-electron chi connectivity index (χ3n) is 1.93. The second-order valence-electron chi connectivity index (χ2n) is 3.30. The molecule has 0 N–H and O–H groups in total. The second kappa shape index (κ2) is 3.42. The van der Waals surface area contributed by atoms with Gasteiger partial charge < -0.3 is 0 Å². The van der Waals surface area contributed by atoms with Crippen molar-refractivity contribution in [2.75, 3.05) is 5.75 Å². The number of thioether (sulfide) groups is 1. The quantitative estimate of drug-likeness (QED) is 0.569. The van der Waals surface area contributed by atoms with Crippen molar-refractivity contribution in [3.8, 4) is 0 Å². The Labute approximate surface area is 67.3 Å². The van der Waals surface area contributed by atoms with Crippen LogP contribution in [0, 0.1) is 11.8 Å². The summed E-state index contributed by atoms with van der Waals surface area (Å²) in [5, 5.41) is 0. The van der Waals surface area contributed by atoms with Gasteiger partial charge in [0.05, 0.1) is 11.6 Å². The van der Waals surface area contributed by atoms with Crippen LogP contribution in [0.2, 0.25) is 0 Å². The molecular weight excluding hydrogens is 142 g/mol. The zero-order chi connectivity index (χ0) is 7.56. The minimum Gasteiger partial charge on any atom is -0.282 e. The molecule has 0 amide bonds. The van der Waals surface area contributed by atoms with Crippen LogP contribution in [0.3, 0.4) is 0 Å². The zero-order valence-electron chi connectivity index (χ0n) is 6.87. The Bertz CT molecular complexity index is 131. The molecule has 2 unspecified atom stereocenters. The van der Waals surface area contributed by atoms with Crippen LogP contribution in [0.4, 0.5) is 0 Å². The molecule has 0 bridgehead atoms. The first-order valence-electron chi connectivity index (χ1n) is 3.85. The first-order chi connectivity index (χ1) is 4.72. The molecule has 2 heteroatoms. The second-order valence-corrected chi connectivity index (χ2v) is 4.18. The van der Waals surface area contributed by atoms with Gasteiger partial charge in [-0.25, -0.2) is 0 Å². The molecule has 0 aliphatic carbocycles. The van der Waals surface area contributed by atoms with Gasteiger partial charge in [0.1, 0.15) is 0 Å². The summed E-state index contributed by atoms with van der Waals surface area (Å²) in [6.45, 7) is 6.77. The summed E-state index contributed by atoms with van der Waals surface area (Å²) in [6.07, 6.45) is 0. The predicted molar refractivity (Wildman–Crippen MR) is 48.7 cm³/mol. The molecule has 0 aromatic heterocycles. The van der Waals surface area contributed by atoms with Crippen molar-refractivity contribution in [3.63, 3.8) is 0 Å². The maximum Gasteiger partial charge on any atom is 0.0562 e. The molecule has 58 valence electrons. The summed E-state index contributed by atoms with van der Waals surface area (Å²) in [7, 11) is 0. The minimum atomic E-state index is 0.571. The third kappa shape index (κ3) is 1.75. The molecule has 0 aromatic carbocycles.